The van der Waals surface area contributed by atoms with Crippen molar-refractivity contribution in [3.05, 3.63) is 51.0 Å². The molecule has 0 aliphatic heterocycles. The van der Waals surface area contributed by atoms with E-state index in [0.29, 0.717) is 23.1 Å². The maximum Gasteiger partial charge on any atom is 0.227 e. The van der Waals surface area contributed by atoms with Crippen molar-refractivity contribution in [2.75, 3.05) is 7.11 Å². The number of aromatic nitrogens is 1. The van der Waals surface area contributed by atoms with E-state index in [4.69, 9.17) is 20.8 Å². The fraction of sp³-hybridized carbons (Fsp3) is 0.188. The van der Waals surface area contributed by atoms with Crippen molar-refractivity contribution < 1.29 is 9.15 Å². The Morgan fingerprint density at radius 2 is 2.14 bits per heavy atom. The quantitative estimate of drug-likeness (QED) is 0.625. The molecule has 0 amide bonds. The molecule has 5 heteroatoms. The molecule has 0 unspecified atom stereocenters. The van der Waals surface area contributed by atoms with Crippen LogP contribution in [0.5, 0.6) is 0 Å². The third-order valence-corrected chi connectivity index (χ3v) is 4.45. The molecule has 3 nitrogen and oxygen atoms in total. The number of oxazole rings is 1. The molecule has 0 aliphatic rings. The maximum atomic E-state index is 6.27. The highest BCUT2D eigenvalue weighted by molar-refractivity contribution is 9.10. The average Bonchev–Trinajstić information content (AvgIpc) is 2.86. The Bertz CT molecular complexity index is 813. The second-order valence-electron chi connectivity index (χ2n) is 4.79. The number of hydrogen-bond acceptors (Lipinski definition) is 3. The van der Waals surface area contributed by atoms with Crippen LogP contribution in [-0.2, 0) is 11.3 Å². The van der Waals surface area contributed by atoms with Crippen LogP contribution in [0.1, 0.15) is 11.1 Å². The molecule has 0 fully saturated rings. The van der Waals surface area contributed by atoms with E-state index in [1.807, 2.05) is 37.3 Å². The molecule has 0 saturated carbocycles. The molecule has 0 bridgehead atoms. The zero-order valence-electron chi connectivity index (χ0n) is 11.6. The third kappa shape index (κ3) is 2.71. The van der Waals surface area contributed by atoms with Crippen molar-refractivity contribution >= 4 is 38.6 Å². The van der Waals surface area contributed by atoms with Crippen LogP contribution in [0.4, 0.5) is 0 Å². The van der Waals surface area contributed by atoms with Gasteiger partial charge in [-0.25, -0.2) is 4.98 Å². The highest BCUT2D eigenvalue weighted by Crippen LogP contribution is 2.33. The molecule has 21 heavy (non-hydrogen) atoms. The first-order valence-electron chi connectivity index (χ1n) is 6.43. The molecule has 108 valence electrons. The topological polar surface area (TPSA) is 35.3 Å². The minimum Gasteiger partial charge on any atom is -0.434 e. The van der Waals surface area contributed by atoms with Gasteiger partial charge in [0.05, 0.1) is 11.6 Å². The highest BCUT2D eigenvalue weighted by atomic mass is 79.9. The molecule has 2 aromatic carbocycles. The summed E-state index contributed by atoms with van der Waals surface area (Å²) in [6.45, 7) is 2.51. The summed E-state index contributed by atoms with van der Waals surface area (Å²) in [6, 6.07) is 9.71. The van der Waals surface area contributed by atoms with Gasteiger partial charge >= 0.3 is 0 Å². The summed E-state index contributed by atoms with van der Waals surface area (Å²) in [5.74, 6) is 0.570. The molecule has 1 heterocycles. The maximum absolute atomic E-state index is 6.27. The Hall–Kier alpha value is -1.36. The highest BCUT2D eigenvalue weighted by Gasteiger charge is 2.14. The predicted octanol–water partition coefficient (Wildman–Crippen LogP) is 5.37. The summed E-state index contributed by atoms with van der Waals surface area (Å²) in [6.07, 6.45) is 0. The number of benzene rings is 2. The lowest BCUT2D eigenvalue weighted by Crippen LogP contribution is -1.87. The van der Waals surface area contributed by atoms with E-state index < -0.39 is 0 Å². The molecule has 0 N–H and O–H groups in total. The van der Waals surface area contributed by atoms with Crippen LogP contribution in [0.3, 0.4) is 0 Å². The first kappa shape index (κ1) is 14.6. The molecular formula is C16H13BrClNO2. The van der Waals surface area contributed by atoms with E-state index in [1.54, 1.807) is 7.11 Å². The SMILES string of the molecule is COCc1cc(Cl)c2oc(-c3cccc(Br)c3C)nc2c1. The van der Waals surface area contributed by atoms with Crippen LogP contribution in [0.15, 0.2) is 39.2 Å². The van der Waals surface area contributed by atoms with Crippen LogP contribution in [0, 0.1) is 6.92 Å². The number of methoxy groups -OCH3 is 1. The first-order chi connectivity index (χ1) is 10.1. The first-order valence-corrected chi connectivity index (χ1v) is 7.60. The van der Waals surface area contributed by atoms with Gasteiger partial charge in [-0.15, -0.1) is 0 Å². The van der Waals surface area contributed by atoms with Gasteiger partial charge in [-0.1, -0.05) is 33.6 Å². The van der Waals surface area contributed by atoms with Crippen LogP contribution in [-0.4, -0.2) is 12.1 Å². The number of fused-ring (bicyclic) bond motifs is 1. The lowest BCUT2D eigenvalue weighted by molar-refractivity contribution is 0.185. The van der Waals surface area contributed by atoms with E-state index in [2.05, 4.69) is 20.9 Å². The van der Waals surface area contributed by atoms with Gasteiger partial charge in [0.2, 0.25) is 5.89 Å². The van der Waals surface area contributed by atoms with Crippen molar-refractivity contribution in [3.63, 3.8) is 0 Å². The molecule has 3 aromatic rings. The lowest BCUT2D eigenvalue weighted by atomic mass is 10.1. The smallest absolute Gasteiger partial charge is 0.227 e. The number of hydrogen-bond donors (Lipinski definition) is 0. The summed E-state index contributed by atoms with van der Waals surface area (Å²) < 4.78 is 12.0. The monoisotopic (exact) mass is 365 g/mol. The molecular weight excluding hydrogens is 354 g/mol. The van der Waals surface area contributed by atoms with E-state index in [9.17, 15) is 0 Å². The number of rotatable bonds is 3. The Kier molecular flexibility index (Phi) is 4.02. The Morgan fingerprint density at radius 3 is 2.90 bits per heavy atom. The van der Waals surface area contributed by atoms with Crippen molar-refractivity contribution in [3.8, 4) is 11.5 Å². The van der Waals surface area contributed by atoms with Gasteiger partial charge < -0.3 is 9.15 Å². The fourth-order valence-electron chi connectivity index (χ4n) is 2.25. The number of ether oxygens (including phenoxy) is 1. The van der Waals surface area contributed by atoms with Crippen molar-refractivity contribution in [2.45, 2.75) is 13.5 Å². The van der Waals surface area contributed by atoms with E-state index in [-0.39, 0.29) is 0 Å². The fourth-order valence-corrected chi connectivity index (χ4v) is 2.89. The van der Waals surface area contributed by atoms with E-state index in [0.717, 1.165) is 26.7 Å². The van der Waals surface area contributed by atoms with Gasteiger partial charge in [-0.05, 0) is 42.3 Å². The van der Waals surface area contributed by atoms with Crippen molar-refractivity contribution in [2.24, 2.45) is 0 Å². The normalized spacial score (nSPS) is 11.2. The second kappa shape index (κ2) is 5.79. The Labute approximate surface area is 136 Å². The lowest BCUT2D eigenvalue weighted by Gasteiger charge is -2.02. The van der Waals surface area contributed by atoms with E-state index >= 15 is 0 Å². The minimum atomic E-state index is 0.494. The van der Waals surface area contributed by atoms with Crippen LogP contribution < -0.4 is 0 Å². The van der Waals surface area contributed by atoms with Gasteiger partial charge in [0.1, 0.15) is 5.52 Å². The van der Waals surface area contributed by atoms with Crippen LogP contribution >= 0.6 is 27.5 Å². The summed E-state index contributed by atoms with van der Waals surface area (Å²) >= 11 is 9.79. The van der Waals surface area contributed by atoms with Gasteiger partial charge in [0, 0.05) is 17.1 Å². The molecule has 3 rings (SSSR count). The van der Waals surface area contributed by atoms with Gasteiger partial charge in [0.25, 0.3) is 0 Å². The molecule has 0 spiro atoms. The summed E-state index contributed by atoms with van der Waals surface area (Å²) in [5, 5.41) is 0.547. The van der Waals surface area contributed by atoms with Crippen LogP contribution in [0.2, 0.25) is 5.02 Å². The zero-order valence-corrected chi connectivity index (χ0v) is 14.0. The van der Waals surface area contributed by atoms with Gasteiger partial charge in [0.15, 0.2) is 5.58 Å². The van der Waals surface area contributed by atoms with Crippen molar-refractivity contribution in [1.29, 1.82) is 0 Å². The summed E-state index contributed by atoms with van der Waals surface area (Å²) in [7, 11) is 1.65. The van der Waals surface area contributed by atoms with Crippen LogP contribution in [0.25, 0.3) is 22.6 Å². The molecule has 0 saturated heterocycles. The third-order valence-electron chi connectivity index (χ3n) is 3.31. The molecule has 1 aromatic heterocycles. The Balaban J connectivity index is 2.17. The standard InChI is InChI=1S/C16H13BrClNO2/c1-9-11(4-3-5-12(9)17)16-19-14-7-10(8-20-2)6-13(18)15(14)21-16/h3-7H,8H2,1-2H3. The van der Waals surface area contributed by atoms with Gasteiger partial charge in [-0.2, -0.15) is 0 Å². The van der Waals surface area contributed by atoms with Crippen molar-refractivity contribution in [1.82, 2.24) is 4.98 Å². The largest absolute Gasteiger partial charge is 0.434 e. The number of nitrogens with zero attached hydrogens (tertiary/aromatic N) is 1. The number of halogens is 2. The predicted molar refractivity (Wildman–Crippen MR) is 87.6 cm³/mol. The summed E-state index contributed by atoms with van der Waals surface area (Å²) in [4.78, 5) is 4.56. The molecule has 0 aliphatic carbocycles. The zero-order chi connectivity index (χ0) is 15.0. The minimum absolute atomic E-state index is 0.494. The molecule has 0 radical (unpaired) electrons. The molecule has 0 atom stereocenters. The van der Waals surface area contributed by atoms with Gasteiger partial charge in [-0.3, -0.25) is 0 Å². The summed E-state index contributed by atoms with van der Waals surface area (Å²) in [5.41, 5.74) is 4.35. The Morgan fingerprint density at radius 1 is 1.33 bits per heavy atom. The average molecular weight is 367 g/mol. The van der Waals surface area contributed by atoms with E-state index in [1.165, 1.54) is 0 Å². The second-order valence-corrected chi connectivity index (χ2v) is 6.05.